The molecule has 0 N–H and O–H groups in total. The maximum Gasteiger partial charge on any atom is 0.284 e. The molecule has 5 nitrogen and oxygen atoms in total. The molecule has 0 aromatic heterocycles. The lowest BCUT2D eigenvalue weighted by Gasteiger charge is -2.16. The van der Waals surface area contributed by atoms with Crippen LogP contribution in [-0.4, -0.2) is 25.7 Å². The zero-order chi connectivity index (χ0) is 22.1. The SMILES string of the molecule is CC1=C(Cl)C(=N/C(=N/S(=O)(=O)c2ccc(Br)cc2)c2ccccc2)C(Cl)=C(C)C1=O. The quantitative estimate of drug-likeness (QED) is 0.296. The molecule has 0 fully saturated rings. The molecule has 154 valence electrons. The summed E-state index contributed by atoms with van der Waals surface area (Å²) in [7, 11) is -4.07. The number of hydrogen-bond donors (Lipinski definition) is 0. The normalized spacial score (nSPS) is 15.7. The number of hydrogen-bond acceptors (Lipinski definition) is 3. The number of carbonyl (C=O) groups is 1. The van der Waals surface area contributed by atoms with Crippen LogP contribution in [0.3, 0.4) is 0 Å². The highest BCUT2D eigenvalue weighted by molar-refractivity contribution is 9.10. The fourth-order valence-corrected chi connectivity index (χ4v) is 4.35. The van der Waals surface area contributed by atoms with E-state index in [2.05, 4.69) is 25.3 Å². The fraction of sp³-hybridized carbons (Fsp3) is 0.0952. The fourth-order valence-electron chi connectivity index (χ4n) is 2.63. The van der Waals surface area contributed by atoms with Gasteiger partial charge in [-0.25, -0.2) is 4.99 Å². The molecule has 0 radical (unpaired) electrons. The highest BCUT2D eigenvalue weighted by Gasteiger charge is 2.28. The maximum atomic E-state index is 12.9. The summed E-state index contributed by atoms with van der Waals surface area (Å²) in [5, 5.41) is 0.112. The Morgan fingerprint density at radius 1 is 0.900 bits per heavy atom. The van der Waals surface area contributed by atoms with Gasteiger partial charge >= 0.3 is 0 Å². The minimum atomic E-state index is -4.07. The van der Waals surface area contributed by atoms with E-state index in [1.165, 1.54) is 12.1 Å². The molecule has 30 heavy (non-hydrogen) atoms. The molecule has 2 aromatic rings. The standard InChI is InChI=1S/C21H15BrCl2N2O3S/c1-12-17(23)19(18(24)13(2)20(12)27)25-21(14-6-4-3-5-7-14)26-30(28,29)16-10-8-15(22)9-11-16/h3-11H,1-2H3/b26-21+. The summed E-state index contributed by atoms with van der Waals surface area (Å²) in [6.45, 7) is 3.12. The van der Waals surface area contributed by atoms with Gasteiger partial charge in [-0.15, -0.1) is 4.40 Å². The van der Waals surface area contributed by atoms with Gasteiger partial charge in [-0.2, -0.15) is 8.42 Å². The second kappa shape index (κ2) is 8.98. The second-order valence-electron chi connectivity index (χ2n) is 6.38. The molecule has 1 aliphatic carbocycles. The van der Waals surface area contributed by atoms with E-state index < -0.39 is 10.0 Å². The van der Waals surface area contributed by atoms with E-state index in [9.17, 15) is 13.2 Å². The van der Waals surface area contributed by atoms with Crippen LogP contribution in [0.4, 0.5) is 0 Å². The van der Waals surface area contributed by atoms with Gasteiger partial charge < -0.3 is 0 Å². The summed E-state index contributed by atoms with van der Waals surface area (Å²) in [5.74, 6) is -0.385. The molecule has 0 atom stereocenters. The summed E-state index contributed by atoms with van der Waals surface area (Å²) in [5.41, 5.74) is 1.11. The first-order chi connectivity index (χ1) is 14.1. The van der Waals surface area contributed by atoms with Gasteiger partial charge in [0.15, 0.2) is 11.6 Å². The predicted octanol–water partition coefficient (Wildman–Crippen LogP) is 5.63. The third-order valence-corrected chi connectivity index (χ3v) is 7.06. The topological polar surface area (TPSA) is 75.9 Å². The van der Waals surface area contributed by atoms with E-state index in [4.69, 9.17) is 23.2 Å². The van der Waals surface area contributed by atoms with Crippen LogP contribution in [0, 0.1) is 0 Å². The van der Waals surface area contributed by atoms with Crippen molar-refractivity contribution in [2.45, 2.75) is 18.7 Å². The van der Waals surface area contributed by atoms with Crippen molar-refractivity contribution in [3.63, 3.8) is 0 Å². The molecule has 0 spiro atoms. The molecule has 0 saturated carbocycles. The van der Waals surface area contributed by atoms with E-state index in [1.807, 2.05) is 0 Å². The lowest BCUT2D eigenvalue weighted by Crippen LogP contribution is -2.19. The first-order valence-electron chi connectivity index (χ1n) is 8.64. The van der Waals surface area contributed by atoms with Gasteiger partial charge in [0.2, 0.25) is 0 Å². The monoisotopic (exact) mass is 524 g/mol. The molecule has 0 saturated heterocycles. The molecule has 0 amide bonds. The third-order valence-electron chi connectivity index (χ3n) is 4.32. The molecule has 3 rings (SSSR count). The van der Waals surface area contributed by atoms with Crippen LogP contribution < -0.4 is 0 Å². The van der Waals surface area contributed by atoms with Gasteiger partial charge in [0.25, 0.3) is 10.0 Å². The number of nitrogens with zero attached hydrogens (tertiary/aromatic N) is 2. The Morgan fingerprint density at radius 2 is 1.43 bits per heavy atom. The zero-order valence-electron chi connectivity index (χ0n) is 15.9. The van der Waals surface area contributed by atoms with Crippen molar-refractivity contribution in [2.24, 2.45) is 9.39 Å². The molecule has 0 heterocycles. The van der Waals surface area contributed by atoms with Crippen molar-refractivity contribution in [3.8, 4) is 0 Å². The number of sulfonamides is 1. The van der Waals surface area contributed by atoms with E-state index in [0.717, 1.165) is 4.47 Å². The highest BCUT2D eigenvalue weighted by Crippen LogP contribution is 2.30. The van der Waals surface area contributed by atoms with Gasteiger partial charge in [0, 0.05) is 21.2 Å². The largest absolute Gasteiger partial charge is 0.289 e. The van der Waals surface area contributed by atoms with Crippen LogP contribution in [0.5, 0.6) is 0 Å². The number of aliphatic imine (C=N–C) groups is 1. The van der Waals surface area contributed by atoms with Crippen LogP contribution in [0.25, 0.3) is 0 Å². The number of allylic oxidation sites excluding steroid dienone is 4. The van der Waals surface area contributed by atoms with Crippen molar-refractivity contribution in [2.75, 3.05) is 0 Å². The predicted molar refractivity (Wildman–Crippen MR) is 124 cm³/mol. The number of rotatable bonds is 3. The number of carbonyl (C=O) groups excluding carboxylic acids is 1. The van der Waals surface area contributed by atoms with Gasteiger partial charge in [-0.1, -0.05) is 69.5 Å². The minimum absolute atomic E-state index is 0.00814. The number of halogens is 3. The maximum absolute atomic E-state index is 12.9. The average molecular weight is 526 g/mol. The molecule has 9 heteroatoms. The van der Waals surface area contributed by atoms with Crippen LogP contribution >= 0.6 is 39.1 Å². The Hall–Kier alpha value is -2.06. The summed E-state index contributed by atoms with van der Waals surface area (Å²) in [6, 6.07) is 14.7. The smallest absolute Gasteiger partial charge is 0.284 e. The Labute approximate surface area is 193 Å². The summed E-state index contributed by atoms with van der Waals surface area (Å²) < 4.78 is 30.5. The Balaban J connectivity index is 2.23. The average Bonchev–Trinajstić information content (AvgIpc) is 2.74. The highest BCUT2D eigenvalue weighted by atomic mass is 79.9. The molecule has 1 aliphatic rings. The Bertz CT molecular complexity index is 1220. The van der Waals surface area contributed by atoms with Gasteiger partial charge in [-0.3, -0.25) is 4.79 Å². The van der Waals surface area contributed by atoms with Crippen molar-refractivity contribution >= 4 is 66.5 Å². The first kappa shape index (κ1) is 22.6. The number of ketones is 1. The summed E-state index contributed by atoms with van der Waals surface area (Å²) in [6.07, 6.45) is 0. The van der Waals surface area contributed by atoms with Crippen molar-refractivity contribution in [1.29, 1.82) is 0 Å². The van der Waals surface area contributed by atoms with Crippen LogP contribution in [0.1, 0.15) is 19.4 Å². The summed E-state index contributed by atoms with van der Waals surface area (Å²) >= 11 is 15.9. The van der Waals surface area contributed by atoms with Crippen molar-refractivity contribution < 1.29 is 13.2 Å². The summed E-state index contributed by atoms with van der Waals surface area (Å²) in [4.78, 5) is 16.6. The molecule has 0 aliphatic heterocycles. The molecular weight excluding hydrogens is 511 g/mol. The van der Waals surface area contributed by atoms with Crippen LogP contribution in [0.15, 0.2) is 94.6 Å². The number of Topliss-reactive ketones (excluding diaryl/α,β-unsaturated/α-hetero) is 1. The Kier molecular flexibility index (Phi) is 6.77. The van der Waals surface area contributed by atoms with Crippen LogP contribution in [0.2, 0.25) is 0 Å². The van der Waals surface area contributed by atoms with E-state index in [1.54, 1.807) is 56.3 Å². The lowest BCUT2D eigenvalue weighted by molar-refractivity contribution is -0.112. The molecule has 0 bridgehead atoms. The third kappa shape index (κ3) is 4.64. The van der Waals surface area contributed by atoms with Crippen molar-refractivity contribution in [1.82, 2.24) is 0 Å². The van der Waals surface area contributed by atoms with Gasteiger partial charge in [0.05, 0.1) is 15.0 Å². The first-order valence-corrected chi connectivity index (χ1v) is 11.6. The van der Waals surface area contributed by atoms with Gasteiger partial charge in [0.1, 0.15) is 5.71 Å². The molecular formula is C21H15BrCl2N2O3S. The Morgan fingerprint density at radius 3 is 1.97 bits per heavy atom. The number of benzene rings is 2. The second-order valence-corrected chi connectivity index (χ2v) is 9.65. The van der Waals surface area contributed by atoms with Gasteiger partial charge in [-0.05, 0) is 38.1 Å². The van der Waals surface area contributed by atoms with E-state index in [-0.39, 0.29) is 43.4 Å². The zero-order valence-corrected chi connectivity index (χ0v) is 19.8. The van der Waals surface area contributed by atoms with E-state index in [0.29, 0.717) is 5.56 Å². The number of amidine groups is 1. The minimum Gasteiger partial charge on any atom is -0.289 e. The van der Waals surface area contributed by atoms with Crippen molar-refractivity contribution in [3.05, 3.63) is 85.8 Å². The molecule has 2 aromatic carbocycles. The lowest BCUT2D eigenvalue weighted by atomic mass is 9.97. The van der Waals surface area contributed by atoms with Crippen LogP contribution in [-0.2, 0) is 14.8 Å². The van der Waals surface area contributed by atoms with E-state index >= 15 is 0 Å². The molecule has 0 unspecified atom stereocenters.